The molecule has 0 amide bonds. The lowest BCUT2D eigenvalue weighted by atomic mass is 10.2. The molecule has 1 aliphatic rings. The molecule has 0 saturated carbocycles. The number of rotatable bonds is 0. The molecule has 0 bridgehead atoms. The number of fused-ring (bicyclic) bond motifs is 1. The average molecular weight is 153 g/mol. The summed E-state index contributed by atoms with van der Waals surface area (Å²) in [4.78, 5) is 4.94. The Labute approximate surface area is 61.7 Å². The summed E-state index contributed by atoms with van der Waals surface area (Å²) in [6, 6.07) is 1.85. The van der Waals surface area contributed by atoms with E-state index in [-0.39, 0.29) is 0 Å². The molecular weight excluding hydrogens is 146 g/mol. The van der Waals surface area contributed by atoms with Gasteiger partial charge in [0.1, 0.15) is 0 Å². The van der Waals surface area contributed by atoms with Crippen LogP contribution in [0.4, 0.5) is 0 Å². The van der Waals surface area contributed by atoms with Crippen molar-refractivity contribution < 1.29 is 4.21 Å². The predicted octanol–water partition coefficient (Wildman–Crippen LogP) is 0.745. The van der Waals surface area contributed by atoms with E-state index in [1.807, 2.05) is 6.07 Å². The molecule has 1 atom stereocenters. The summed E-state index contributed by atoms with van der Waals surface area (Å²) in [5.74, 6) is 0.779. The maximum atomic E-state index is 11.1. The number of aryl methyl sites for hydroxylation is 1. The first-order chi connectivity index (χ1) is 4.88. The Morgan fingerprint density at radius 3 is 3.30 bits per heavy atom. The first-order valence-corrected chi connectivity index (χ1v) is 4.51. The van der Waals surface area contributed by atoms with E-state index < -0.39 is 10.8 Å². The van der Waals surface area contributed by atoms with Crippen LogP contribution in [0.1, 0.15) is 5.56 Å². The number of hydrogen-bond acceptors (Lipinski definition) is 2. The molecule has 52 valence electrons. The second-order valence-electron chi connectivity index (χ2n) is 2.28. The Balaban J connectivity index is 2.61. The Morgan fingerprint density at radius 1 is 1.60 bits per heavy atom. The topological polar surface area (TPSA) is 30.0 Å². The van der Waals surface area contributed by atoms with Crippen molar-refractivity contribution in [2.45, 2.75) is 11.3 Å². The predicted molar refractivity (Wildman–Crippen MR) is 39.2 cm³/mol. The molecule has 0 radical (unpaired) electrons. The van der Waals surface area contributed by atoms with E-state index in [0.717, 1.165) is 22.6 Å². The molecule has 1 unspecified atom stereocenters. The molecule has 0 saturated heterocycles. The summed E-state index contributed by atoms with van der Waals surface area (Å²) in [7, 11) is -0.738. The van der Waals surface area contributed by atoms with Crippen LogP contribution >= 0.6 is 0 Å². The molecule has 1 aromatic heterocycles. The van der Waals surface area contributed by atoms with Gasteiger partial charge in [0.25, 0.3) is 0 Å². The van der Waals surface area contributed by atoms with Crippen LogP contribution in [0.15, 0.2) is 23.4 Å². The van der Waals surface area contributed by atoms with Crippen LogP contribution in [-0.2, 0) is 17.2 Å². The van der Waals surface area contributed by atoms with Gasteiger partial charge >= 0.3 is 0 Å². The smallest absolute Gasteiger partial charge is 0.0536 e. The van der Waals surface area contributed by atoms with Gasteiger partial charge in [0.05, 0.1) is 10.8 Å². The molecule has 0 aromatic carbocycles. The molecule has 0 spiro atoms. The van der Waals surface area contributed by atoms with Crippen molar-refractivity contribution in [1.82, 2.24) is 4.98 Å². The second-order valence-corrected chi connectivity index (χ2v) is 3.82. The molecule has 0 aliphatic carbocycles. The zero-order chi connectivity index (χ0) is 6.97. The zero-order valence-corrected chi connectivity index (χ0v) is 6.23. The third-order valence-corrected chi connectivity index (χ3v) is 3.12. The first-order valence-electron chi connectivity index (χ1n) is 3.19. The number of nitrogens with zero attached hydrogens (tertiary/aromatic N) is 1. The number of aromatic nitrogens is 1. The summed E-state index contributed by atoms with van der Waals surface area (Å²) in [5, 5.41) is 0. The third-order valence-electron chi connectivity index (χ3n) is 1.66. The summed E-state index contributed by atoms with van der Waals surface area (Å²) in [5.41, 5.74) is 1.15. The van der Waals surface area contributed by atoms with Gasteiger partial charge in [0.2, 0.25) is 0 Å². The van der Waals surface area contributed by atoms with E-state index in [4.69, 9.17) is 0 Å². The quantitative estimate of drug-likeness (QED) is 0.550. The molecule has 3 heteroatoms. The number of pyridine rings is 1. The SMILES string of the molecule is O=S1CCc2cnccc21. The Bertz CT molecular complexity index is 285. The Morgan fingerprint density at radius 2 is 2.50 bits per heavy atom. The molecule has 2 rings (SSSR count). The van der Waals surface area contributed by atoms with Crippen LogP contribution in [-0.4, -0.2) is 14.9 Å². The van der Waals surface area contributed by atoms with E-state index in [9.17, 15) is 4.21 Å². The van der Waals surface area contributed by atoms with Crippen LogP contribution in [0, 0.1) is 0 Å². The highest BCUT2D eigenvalue weighted by molar-refractivity contribution is 7.85. The van der Waals surface area contributed by atoms with Gasteiger partial charge in [-0.3, -0.25) is 9.19 Å². The first kappa shape index (κ1) is 6.04. The summed E-state index contributed by atoms with van der Waals surface area (Å²) in [6.45, 7) is 0. The zero-order valence-electron chi connectivity index (χ0n) is 5.41. The molecule has 1 aliphatic heterocycles. The van der Waals surface area contributed by atoms with Gasteiger partial charge < -0.3 is 0 Å². The van der Waals surface area contributed by atoms with Crippen molar-refractivity contribution >= 4 is 10.8 Å². The molecular formula is C7H7NOS. The van der Waals surface area contributed by atoms with Crippen LogP contribution in [0.3, 0.4) is 0 Å². The van der Waals surface area contributed by atoms with E-state index in [2.05, 4.69) is 4.98 Å². The molecule has 0 N–H and O–H groups in total. The molecule has 1 aromatic rings. The average Bonchev–Trinajstić information content (AvgIpc) is 2.34. The minimum absolute atomic E-state index is 0.738. The fraction of sp³-hybridized carbons (Fsp3) is 0.286. The van der Waals surface area contributed by atoms with Crippen LogP contribution in [0.5, 0.6) is 0 Å². The summed E-state index contributed by atoms with van der Waals surface area (Å²) >= 11 is 0. The fourth-order valence-electron chi connectivity index (χ4n) is 1.14. The standard InChI is InChI=1S/C7H7NOS/c9-10-4-2-6-5-8-3-1-7(6)10/h1,3,5H,2,4H2. The van der Waals surface area contributed by atoms with Crippen LogP contribution in [0.2, 0.25) is 0 Å². The normalized spacial score (nSPS) is 22.6. The fourth-order valence-corrected chi connectivity index (χ4v) is 2.42. The minimum Gasteiger partial charge on any atom is -0.264 e. The highest BCUT2D eigenvalue weighted by atomic mass is 32.2. The van der Waals surface area contributed by atoms with Crippen molar-refractivity contribution in [3.63, 3.8) is 0 Å². The van der Waals surface area contributed by atoms with Gasteiger partial charge in [-0.2, -0.15) is 0 Å². The van der Waals surface area contributed by atoms with Gasteiger partial charge in [0.15, 0.2) is 0 Å². The maximum absolute atomic E-state index is 11.1. The van der Waals surface area contributed by atoms with Crippen molar-refractivity contribution in [1.29, 1.82) is 0 Å². The molecule has 0 fully saturated rings. The highest BCUT2D eigenvalue weighted by Gasteiger charge is 2.16. The lowest BCUT2D eigenvalue weighted by Crippen LogP contribution is -1.86. The molecule has 10 heavy (non-hydrogen) atoms. The summed E-state index contributed by atoms with van der Waals surface area (Å²) < 4.78 is 11.1. The van der Waals surface area contributed by atoms with Gasteiger partial charge in [-0.25, -0.2) is 0 Å². The van der Waals surface area contributed by atoms with E-state index in [1.165, 1.54) is 0 Å². The van der Waals surface area contributed by atoms with Gasteiger partial charge in [-0.15, -0.1) is 0 Å². The molecule has 2 nitrogen and oxygen atoms in total. The second kappa shape index (κ2) is 2.16. The van der Waals surface area contributed by atoms with Crippen molar-refractivity contribution in [2.75, 3.05) is 5.75 Å². The third kappa shape index (κ3) is 0.778. The monoisotopic (exact) mass is 153 g/mol. The van der Waals surface area contributed by atoms with E-state index >= 15 is 0 Å². The Hall–Kier alpha value is -0.700. The summed E-state index contributed by atoms with van der Waals surface area (Å²) in [6.07, 6.45) is 4.43. The largest absolute Gasteiger partial charge is 0.264 e. The van der Waals surface area contributed by atoms with E-state index in [0.29, 0.717) is 0 Å². The molecule has 2 heterocycles. The van der Waals surface area contributed by atoms with Crippen LogP contribution in [0.25, 0.3) is 0 Å². The maximum Gasteiger partial charge on any atom is 0.0536 e. The lowest BCUT2D eigenvalue weighted by Gasteiger charge is -1.91. The van der Waals surface area contributed by atoms with Gasteiger partial charge in [0, 0.05) is 23.0 Å². The highest BCUT2D eigenvalue weighted by Crippen LogP contribution is 2.20. The lowest BCUT2D eigenvalue weighted by molar-refractivity contribution is 0.685. The van der Waals surface area contributed by atoms with Crippen molar-refractivity contribution in [3.05, 3.63) is 24.0 Å². The van der Waals surface area contributed by atoms with Crippen molar-refractivity contribution in [2.24, 2.45) is 0 Å². The minimum atomic E-state index is -0.738. The van der Waals surface area contributed by atoms with Gasteiger partial charge in [-0.05, 0) is 18.1 Å². The Kier molecular flexibility index (Phi) is 1.31. The van der Waals surface area contributed by atoms with Crippen LogP contribution < -0.4 is 0 Å². The number of hydrogen-bond donors (Lipinski definition) is 0. The van der Waals surface area contributed by atoms with E-state index in [1.54, 1.807) is 12.4 Å². The van der Waals surface area contributed by atoms with Crippen molar-refractivity contribution in [3.8, 4) is 0 Å². The van der Waals surface area contributed by atoms with Gasteiger partial charge in [-0.1, -0.05) is 0 Å².